The molecule has 0 amide bonds. The summed E-state index contributed by atoms with van der Waals surface area (Å²) < 4.78 is 21.1. The molecule has 1 N–H and O–H groups in total. The zero-order valence-electron chi connectivity index (χ0n) is 18.7. The number of benzene rings is 2. The van der Waals surface area contributed by atoms with E-state index in [0.29, 0.717) is 19.3 Å². The highest BCUT2D eigenvalue weighted by Gasteiger charge is 2.29. The third-order valence-electron chi connectivity index (χ3n) is 5.91. The van der Waals surface area contributed by atoms with Gasteiger partial charge in [0.1, 0.15) is 11.9 Å². The maximum atomic E-state index is 13.7. The van der Waals surface area contributed by atoms with Crippen LogP contribution in [0.1, 0.15) is 55.8 Å². The molecule has 0 aliphatic carbocycles. The topological polar surface area (TPSA) is 64.3 Å². The lowest BCUT2D eigenvalue weighted by Gasteiger charge is -2.26. The van der Waals surface area contributed by atoms with Gasteiger partial charge in [0.05, 0.1) is 29.6 Å². The minimum Gasteiger partial charge on any atom is -0.462 e. The SMILES string of the molecule is Cc1ccc(-n2nc(C(C)C)c(CCC3CC(O)CC(=O)O3)c2-c2ccc(F)cc2)cc1. The van der Waals surface area contributed by atoms with Crippen molar-refractivity contribution >= 4 is 5.97 Å². The Balaban J connectivity index is 1.78. The Bertz CT molecular complexity index is 1090. The summed E-state index contributed by atoms with van der Waals surface area (Å²) in [6, 6.07) is 14.6. The van der Waals surface area contributed by atoms with Crippen LogP contribution in [0.25, 0.3) is 16.9 Å². The number of rotatable bonds is 6. The maximum absolute atomic E-state index is 13.7. The zero-order valence-corrected chi connectivity index (χ0v) is 18.7. The fourth-order valence-corrected chi connectivity index (χ4v) is 4.30. The van der Waals surface area contributed by atoms with E-state index in [1.165, 1.54) is 12.1 Å². The number of carbonyl (C=O) groups is 1. The molecule has 1 saturated heterocycles. The van der Waals surface area contributed by atoms with Gasteiger partial charge in [-0.15, -0.1) is 0 Å². The molecule has 1 aromatic heterocycles. The predicted octanol–water partition coefficient (Wildman–Crippen LogP) is 5.11. The van der Waals surface area contributed by atoms with E-state index in [4.69, 9.17) is 9.84 Å². The van der Waals surface area contributed by atoms with Crippen LogP contribution in [0.2, 0.25) is 0 Å². The molecular weight excluding hydrogens is 407 g/mol. The fraction of sp³-hybridized carbons (Fsp3) is 0.385. The van der Waals surface area contributed by atoms with Crippen LogP contribution >= 0.6 is 0 Å². The number of ether oxygens (including phenoxy) is 1. The summed E-state index contributed by atoms with van der Waals surface area (Å²) >= 11 is 0. The smallest absolute Gasteiger partial charge is 0.308 e. The molecule has 2 heterocycles. The van der Waals surface area contributed by atoms with Crippen LogP contribution < -0.4 is 0 Å². The van der Waals surface area contributed by atoms with Crippen LogP contribution in [-0.2, 0) is 16.0 Å². The number of hydrogen-bond acceptors (Lipinski definition) is 4. The van der Waals surface area contributed by atoms with Gasteiger partial charge < -0.3 is 9.84 Å². The number of aliphatic hydroxyl groups is 1. The van der Waals surface area contributed by atoms with Crippen molar-refractivity contribution in [3.63, 3.8) is 0 Å². The maximum Gasteiger partial charge on any atom is 0.308 e. The van der Waals surface area contributed by atoms with Crippen LogP contribution in [-0.4, -0.2) is 33.1 Å². The number of carbonyl (C=O) groups excluding carboxylic acids is 1. The molecule has 2 aromatic carbocycles. The second-order valence-corrected chi connectivity index (χ2v) is 8.87. The first kappa shape index (κ1) is 22.2. The summed E-state index contributed by atoms with van der Waals surface area (Å²) in [5.41, 5.74) is 5.91. The van der Waals surface area contributed by atoms with Crippen LogP contribution in [0, 0.1) is 12.7 Å². The molecule has 1 fully saturated rings. The van der Waals surface area contributed by atoms with Crippen molar-refractivity contribution in [1.29, 1.82) is 0 Å². The Labute approximate surface area is 187 Å². The van der Waals surface area contributed by atoms with E-state index in [0.717, 1.165) is 33.8 Å². The molecule has 32 heavy (non-hydrogen) atoms. The van der Waals surface area contributed by atoms with E-state index in [-0.39, 0.29) is 30.2 Å². The molecule has 6 heteroatoms. The van der Waals surface area contributed by atoms with Crippen LogP contribution in [0.3, 0.4) is 0 Å². The molecule has 5 nitrogen and oxygen atoms in total. The van der Waals surface area contributed by atoms with Gasteiger partial charge in [-0.1, -0.05) is 31.5 Å². The number of aryl methyl sites for hydroxylation is 1. The van der Waals surface area contributed by atoms with Crippen molar-refractivity contribution in [2.24, 2.45) is 0 Å². The first-order valence-corrected chi connectivity index (χ1v) is 11.1. The van der Waals surface area contributed by atoms with Gasteiger partial charge in [-0.3, -0.25) is 4.79 Å². The summed E-state index contributed by atoms with van der Waals surface area (Å²) in [5.74, 6) is -0.466. The van der Waals surface area contributed by atoms with Gasteiger partial charge in [0, 0.05) is 17.5 Å². The average molecular weight is 437 g/mol. The number of nitrogens with zero attached hydrogens (tertiary/aromatic N) is 2. The van der Waals surface area contributed by atoms with Crippen molar-refractivity contribution in [1.82, 2.24) is 9.78 Å². The summed E-state index contributed by atoms with van der Waals surface area (Å²) in [6.45, 7) is 6.24. The first-order valence-electron chi connectivity index (χ1n) is 11.1. The number of cyclic esters (lactones) is 1. The Hall–Kier alpha value is -2.99. The normalized spacial score (nSPS) is 18.8. The Kier molecular flexibility index (Phi) is 6.42. The molecular formula is C26H29FN2O3. The van der Waals surface area contributed by atoms with Crippen LogP contribution in [0.4, 0.5) is 4.39 Å². The van der Waals surface area contributed by atoms with Gasteiger partial charge in [0.2, 0.25) is 0 Å². The van der Waals surface area contributed by atoms with Crippen molar-refractivity contribution in [3.05, 3.63) is 71.2 Å². The molecule has 2 unspecified atom stereocenters. The van der Waals surface area contributed by atoms with Gasteiger partial charge in [-0.2, -0.15) is 5.10 Å². The standard InChI is InChI=1S/C26H29FN2O3/c1-16(2)25-23(13-12-22-14-21(30)15-24(31)32-22)26(18-6-8-19(27)9-7-18)29(28-25)20-10-4-17(3)5-11-20/h4-11,16,21-22,30H,12-15H2,1-3H3. The summed E-state index contributed by atoms with van der Waals surface area (Å²) in [5, 5.41) is 14.9. The van der Waals surface area contributed by atoms with Crippen molar-refractivity contribution in [2.75, 3.05) is 0 Å². The highest BCUT2D eigenvalue weighted by Crippen LogP contribution is 2.34. The number of halogens is 1. The second kappa shape index (κ2) is 9.25. The van der Waals surface area contributed by atoms with Gasteiger partial charge in [0.25, 0.3) is 0 Å². The summed E-state index contributed by atoms with van der Waals surface area (Å²) in [4.78, 5) is 11.8. The minimum absolute atomic E-state index is 0.0555. The number of aliphatic hydroxyl groups excluding tert-OH is 1. The molecule has 0 saturated carbocycles. The molecule has 1 aliphatic rings. The number of hydrogen-bond donors (Lipinski definition) is 1. The second-order valence-electron chi connectivity index (χ2n) is 8.87. The van der Waals surface area contributed by atoms with E-state index in [9.17, 15) is 14.3 Å². The zero-order chi connectivity index (χ0) is 22.8. The molecule has 0 bridgehead atoms. The van der Waals surface area contributed by atoms with E-state index >= 15 is 0 Å². The quantitative estimate of drug-likeness (QED) is 0.546. The van der Waals surface area contributed by atoms with Gasteiger partial charge >= 0.3 is 5.97 Å². The molecule has 2 atom stereocenters. The van der Waals surface area contributed by atoms with Crippen molar-refractivity contribution in [2.45, 2.75) is 64.6 Å². The number of esters is 1. The Morgan fingerprint density at radius 2 is 1.84 bits per heavy atom. The van der Waals surface area contributed by atoms with Gasteiger partial charge in [-0.05, 0) is 62.1 Å². The third kappa shape index (κ3) is 4.75. The van der Waals surface area contributed by atoms with E-state index in [2.05, 4.69) is 13.8 Å². The molecule has 0 radical (unpaired) electrons. The highest BCUT2D eigenvalue weighted by molar-refractivity contribution is 5.71. The first-order chi connectivity index (χ1) is 15.3. The molecule has 1 aliphatic heterocycles. The lowest BCUT2D eigenvalue weighted by Crippen LogP contribution is -2.32. The average Bonchev–Trinajstić information content (AvgIpc) is 3.12. The molecule has 3 aromatic rings. The van der Waals surface area contributed by atoms with Crippen LogP contribution in [0.15, 0.2) is 48.5 Å². The summed E-state index contributed by atoms with van der Waals surface area (Å²) in [7, 11) is 0. The summed E-state index contributed by atoms with van der Waals surface area (Å²) in [6.07, 6.45) is 0.751. The predicted molar refractivity (Wildman–Crippen MR) is 121 cm³/mol. The monoisotopic (exact) mass is 436 g/mol. The lowest BCUT2D eigenvalue weighted by atomic mass is 9.93. The molecule has 168 valence electrons. The highest BCUT2D eigenvalue weighted by atomic mass is 19.1. The lowest BCUT2D eigenvalue weighted by molar-refractivity contribution is -0.160. The van der Waals surface area contributed by atoms with Gasteiger partial charge in [0.15, 0.2) is 0 Å². The van der Waals surface area contributed by atoms with Crippen molar-refractivity contribution in [3.8, 4) is 16.9 Å². The molecule has 4 rings (SSSR count). The van der Waals surface area contributed by atoms with E-state index in [1.54, 1.807) is 12.1 Å². The minimum atomic E-state index is -0.655. The van der Waals surface area contributed by atoms with Gasteiger partial charge in [-0.25, -0.2) is 9.07 Å². The Morgan fingerprint density at radius 1 is 1.16 bits per heavy atom. The molecule has 0 spiro atoms. The fourth-order valence-electron chi connectivity index (χ4n) is 4.30. The largest absolute Gasteiger partial charge is 0.462 e. The van der Waals surface area contributed by atoms with Crippen LogP contribution in [0.5, 0.6) is 0 Å². The van der Waals surface area contributed by atoms with E-state index < -0.39 is 6.10 Å². The van der Waals surface area contributed by atoms with Crippen molar-refractivity contribution < 1.29 is 19.0 Å². The van der Waals surface area contributed by atoms with E-state index in [1.807, 2.05) is 35.9 Å². The Morgan fingerprint density at radius 3 is 2.47 bits per heavy atom. The number of aromatic nitrogens is 2. The third-order valence-corrected chi connectivity index (χ3v) is 5.91.